The van der Waals surface area contributed by atoms with Gasteiger partial charge in [-0.1, -0.05) is 59.6 Å². The summed E-state index contributed by atoms with van der Waals surface area (Å²) in [6.45, 7) is 5.45. The molecule has 0 aliphatic carbocycles. The van der Waals surface area contributed by atoms with Crippen molar-refractivity contribution < 1.29 is 13.9 Å². The third kappa shape index (κ3) is 8.45. The summed E-state index contributed by atoms with van der Waals surface area (Å²) in [5.41, 5.74) is 3.55. The highest BCUT2D eigenvalue weighted by atomic mass is 35.5. The molecule has 0 unspecified atom stereocenters. The first-order valence-electron chi connectivity index (χ1n) is 12.3. The molecule has 0 atom stereocenters. The van der Waals surface area contributed by atoms with Crippen LogP contribution in [0.1, 0.15) is 26.3 Å². The lowest BCUT2D eigenvalue weighted by Gasteiger charge is -2.20. The standard InChI is InChI=1S/C30H27Cl2FN4O2S/c1-30(2,3)39-29(38)36-28(37-40-26-7-5-4-6-25(26)33)35-18-19-16-24(20-8-12-22(31)13-9-20)27(34-17-19)21-10-14-23(32)15-11-21/h4-17H,18H2,1-3H3,(H2,35,36,37,38). The number of aliphatic imine (C=N–C) groups is 1. The number of carbonyl (C=O) groups excluding carboxylic acids is 1. The lowest BCUT2D eigenvalue weighted by molar-refractivity contribution is 0.0562. The molecule has 0 aliphatic heterocycles. The van der Waals surface area contributed by atoms with Crippen molar-refractivity contribution in [2.75, 3.05) is 0 Å². The van der Waals surface area contributed by atoms with Gasteiger partial charge in [0, 0.05) is 27.4 Å². The van der Waals surface area contributed by atoms with Crippen molar-refractivity contribution in [2.24, 2.45) is 4.99 Å². The summed E-state index contributed by atoms with van der Waals surface area (Å²) in [4.78, 5) is 22.1. The van der Waals surface area contributed by atoms with Crippen LogP contribution >= 0.6 is 35.1 Å². The van der Waals surface area contributed by atoms with E-state index >= 15 is 0 Å². The van der Waals surface area contributed by atoms with Crippen LogP contribution in [0.3, 0.4) is 0 Å². The normalized spacial score (nSPS) is 11.7. The van der Waals surface area contributed by atoms with Crippen molar-refractivity contribution in [3.05, 3.63) is 106 Å². The van der Waals surface area contributed by atoms with Crippen LogP contribution in [0.15, 0.2) is 94.9 Å². The number of halogens is 3. The van der Waals surface area contributed by atoms with Crippen LogP contribution in [0.5, 0.6) is 0 Å². The second-order valence-corrected chi connectivity index (χ2v) is 11.4. The third-order valence-electron chi connectivity index (χ3n) is 5.35. The van der Waals surface area contributed by atoms with Gasteiger partial charge in [0.2, 0.25) is 5.96 Å². The fraction of sp³-hybridized carbons (Fsp3) is 0.167. The Morgan fingerprint density at radius 1 is 0.975 bits per heavy atom. The molecule has 0 aliphatic rings. The minimum Gasteiger partial charge on any atom is -0.444 e. The number of rotatable bonds is 6. The summed E-state index contributed by atoms with van der Waals surface area (Å²) in [6, 6.07) is 23.2. The number of nitrogens with zero attached hydrogens (tertiary/aromatic N) is 2. The average Bonchev–Trinajstić information content (AvgIpc) is 2.91. The molecule has 0 fully saturated rings. The molecule has 40 heavy (non-hydrogen) atoms. The van der Waals surface area contributed by atoms with E-state index in [0.29, 0.717) is 14.9 Å². The van der Waals surface area contributed by atoms with Gasteiger partial charge >= 0.3 is 6.09 Å². The molecule has 4 rings (SSSR count). The Morgan fingerprint density at radius 2 is 1.60 bits per heavy atom. The Bertz CT molecular complexity index is 1510. The first-order valence-corrected chi connectivity index (χ1v) is 13.9. The summed E-state index contributed by atoms with van der Waals surface area (Å²) in [5, 5.41) is 3.87. The fourth-order valence-corrected chi connectivity index (χ4v) is 4.47. The number of hydrogen-bond acceptors (Lipinski definition) is 5. The predicted molar refractivity (Wildman–Crippen MR) is 161 cm³/mol. The molecule has 0 radical (unpaired) electrons. The number of amides is 1. The van der Waals surface area contributed by atoms with Crippen LogP contribution in [0.25, 0.3) is 22.4 Å². The van der Waals surface area contributed by atoms with Crippen LogP contribution < -0.4 is 10.0 Å². The van der Waals surface area contributed by atoms with Crippen molar-refractivity contribution in [1.29, 1.82) is 0 Å². The molecule has 206 valence electrons. The van der Waals surface area contributed by atoms with Gasteiger partial charge in [-0.05, 0) is 86.3 Å². The van der Waals surface area contributed by atoms with Gasteiger partial charge in [0.15, 0.2) is 0 Å². The molecular formula is C30H27Cl2FN4O2S. The number of nitrogens with one attached hydrogen (secondary N) is 2. The number of ether oxygens (including phenoxy) is 1. The zero-order valence-corrected chi connectivity index (χ0v) is 24.4. The molecule has 4 aromatic rings. The van der Waals surface area contributed by atoms with E-state index < -0.39 is 17.5 Å². The van der Waals surface area contributed by atoms with E-state index in [1.807, 2.05) is 54.6 Å². The predicted octanol–water partition coefficient (Wildman–Crippen LogP) is 8.54. The van der Waals surface area contributed by atoms with Crippen molar-refractivity contribution in [3.63, 3.8) is 0 Å². The van der Waals surface area contributed by atoms with E-state index in [9.17, 15) is 9.18 Å². The lowest BCUT2D eigenvalue weighted by Crippen LogP contribution is -2.41. The molecule has 1 amide bonds. The molecule has 0 bridgehead atoms. The van der Waals surface area contributed by atoms with Crippen molar-refractivity contribution in [3.8, 4) is 22.4 Å². The summed E-state index contributed by atoms with van der Waals surface area (Å²) in [7, 11) is 0. The minimum absolute atomic E-state index is 0.109. The average molecular weight is 598 g/mol. The maximum absolute atomic E-state index is 14.2. The Morgan fingerprint density at radius 3 is 2.23 bits per heavy atom. The molecular weight excluding hydrogens is 570 g/mol. The van der Waals surface area contributed by atoms with E-state index in [2.05, 4.69) is 15.0 Å². The molecule has 10 heteroatoms. The molecule has 1 aromatic heterocycles. The number of aromatic nitrogens is 1. The Kier molecular flexibility index (Phi) is 9.68. The molecule has 3 aromatic carbocycles. The minimum atomic E-state index is -0.706. The number of benzene rings is 3. The second kappa shape index (κ2) is 13.2. The fourth-order valence-electron chi connectivity index (χ4n) is 3.58. The van der Waals surface area contributed by atoms with Crippen LogP contribution in [-0.4, -0.2) is 22.6 Å². The summed E-state index contributed by atoms with van der Waals surface area (Å²) >= 11 is 13.2. The van der Waals surface area contributed by atoms with Gasteiger partial charge in [-0.2, -0.15) is 0 Å². The Hall–Kier alpha value is -3.59. The number of alkyl carbamates (subject to hydrolysis) is 1. The van der Waals surface area contributed by atoms with Crippen LogP contribution in [-0.2, 0) is 11.3 Å². The zero-order valence-electron chi connectivity index (χ0n) is 22.0. The molecule has 6 nitrogen and oxygen atoms in total. The van der Waals surface area contributed by atoms with Gasteiger partial charge in [0.1, 0.15) is 11.4 Å². The van der Waals surface area contributed by atoms with E-state index in [-0.39, 0.29) is 12.5 Å². The monoisotopic (exact) mass is 596 g/mol. The lowest BCUT2D eigenvalue weighted by atomic mass is 9.98. The van der Waals surface area contributed by atoms with Crippen molar-refractivity contribution >= 4 is 47.2 Å². The van der Waals surface area contributed by atoms with Gasteiger partial charge in [0.05, 0.1) is 17.1 Å². The largest absolute Gasteiger partial charge is 0.444 e. The van der Waals surface area contributed by atoms with E-state index in [4.69, 9.17) is 32.9 Å². The summed E-state index contributed by atoms with van der Waals surface area (Å²) in [6.07, 6.45) is 1.04. The maximum Gasteiger partial charge on any atom is 0.414 e. The maximum atomic E-state index is 14.2. The molecule has 0 saturated heterocycles. The van der Waals surface area contributed by atoms with Crippen molar-refractivity contribution in [1.82, 2.24) is 15.0 Å². The van der Waals surface area contributed by atoms with Crippen LogP contribution in [0.2, 0.25) is 10.0 Å². The first-order chi connectivity index (χ1) is 19.1. The van der Waals surface area contributed by atoms with Gasteiger partial charge in [-0.3, -0.25) is 15.0 Å². The second-order valence-electron chi connectivity index (χ2n) is 9.68. The van der Waals surface area contributed by atoms with E-state index in [1.165, 1.54) is 6.07 Å². The topological polar surface area (TPSA) is 75.6 Å². The summed E-state index contributed by atoms with van der Waals surface area (Å²) in [5.74, 6) is -0.288. The van der Waals surface area contributed by atoms with Crippen LogP contribution in [0, 0.1) is 5.82 Å². The van der Waals surface area contributed by atoms with Gasteiger partial charge in [-0.25, -0.2) is 14.2 Å². The highest BCUT2D eigenvalue weighted by Gasteiger charge is 2.18. The molecule has 1 heterocycles. The quantitative estimate of drug-likeness (QED) is 0.132. The summed E-state index contributed by atoms with van der Waals surface area (Å²) < 4.78 is 22.5. The number of hydrogen-bond donors (Lipinski definition) is 2. The zero-order chi connectivity index (χ0) is 28.7. The van der Waals surface area contributed by atoms with E-state index in [1.54, 1.807) is 45.2 Å². The number of carbonyl (C=O) groups is 1. The number of pyridine rings is 1. The SMILES string of the molecule is CC(C)(C)OC(=O)NC(=NCc1cnc(-c2ccc(Cl)cc2)c(-c2ccc(Cl)cc2)c1)NSc1ccccc1F. The Labute approximate surface area is 247 Å². The highest BCUT2D eigenvalue weighted by Crippen LogP contribution is 2.32. The van der Waals surface area contributed by atoms with Crippen LogP contribution in [0.4, 0.5) is 9.18 Å². The van der Waals surface area contributed by atoms with Gasteiger partial charge in [-0.15, -0.1) is 0 Å². The van der Waals surface area contributed by atoms with Gasteiger partial charge in [0.25, 0.3) is 0 Å². The third-order valence-corrected chi connectivity index (χ3v) is 6.70. The molecule has 0 spiro atoms. The molecule has 2 N–H and O–H groups in total. The smallest absolute Gasteiger partial charge is 0.414 e. The number of guanidine groups is 1. The van der Waals surface area contributed by atoms with E-state index in [0.717, 1.165) is 39.9 Å². The first kappa shape index (κ1) is 29.4. The molecule has 0 saturated carbocycles. The Balaban J connectivity index is 1.64. The van der Waals surface area contributed by atoms with Crippen molar-refractivity contribution in [2.45, 2.75) is 37.8 Å². The highest BCUT2D eigenvalue weighted by molar-refractivity contribution is 7.98. The van der Waals surface area contributed by atoms with Gasteiger partial charge < -0.3 is 4.74 Å².